The van der Waals surface area contributed by atoms with Crippen LogP contribution in [0.3, 0.4) is 0 Å². The molecule has 0 saturated heterocycles. The van der Waals surface area contributed by atoms with Gasteiger partial charge in [-0.05, 0) is 30.5 Å². The van der Waals surface area contributed by atoms with E-state index in [2.05, 4.69) is 41.5 Å². The van der Waals surface area contributed by atoms with E-state index in [1.165, 1.54) is 12.8 Å². The molecule has 2 rings (SSSR count). The van der Waals surface area contributed by atoms with Gasteiger partial charge in [-0.15, -0.1) is 0 Å². The van der Waals surface area contributed by atoms with E-state index in [0.717, 1.165) is 23.4 Å². The zero-order valence-electron chi connectivity index (χ0n) is 11.5. The minimum Gasteiger partial charge on any atom is -0.382 e. The Kier molecular flexibility index (Phi) is 4.44. The summed E-state index contributed by atoms with van der Waals surface area (Å²) in [6.45, 7) is 4.40. The second kappa shape index (κ2) is 6.27. The van der Waals surface area contributed by atoms with Crippen molar-refractivity contribution in [2.45, 2.75) is 39.2 Å². The van der Waals surface area contributed by atoms with Gasteiger partial charge in [0, 0.05) is 17.8 Å². The Morgan fingerprint density at radius 3 is 2.42 bits per heavy atom. The van der Waals surface area contributed by atoms with E-state index < -0.39 is 0 Å². The topological polar surface area (TPSA) is 60.7 Å². The maximum absolute atomic E-state index is 11.1. The molecule has 0 aliphatic heterocycles. The van der Waals surface area contributed by atoms with Crippen LogP contribution in [0.4, 0.5) is 5.69 Å². The maximum Gasteiger partial charge on any atom is 0.264 e. The molecule has 102 valence electrons. The number of anilines is 1. The molecule has 0 saturated carbocycles. The third-order valence-electron chi connectivity index (χ3n) is 3.29. The summed E-state index contributed by atoms with van der Waals surface area (Å²) >= 11 is 0. The van der Waals surface area contributed by atoms with Gasteiger partial charge in [0.2, 0.25) is 0 Å². The molecule has 1 aromatic carbocycles. The molecule has 19 heavy (non-hydrogen) atoms. The van der Waals surface area contributed by atoms with Crippen molar-refractivity contribution < 1.29 is 0 Å². The Morgan fingerprint density at radius 1 is 1.16 bits per heavy atom. The standard InChI is InChI=1S/C15H21N3O/c1-3-5-12(4-2)16-13-8-6-11(7-9-13)14-10-15(19)18-17-14/h6-10,12,16H,3-5H2,1-2H3,(H2,17,18,19). The van der Waals surface area contributed by atoms with Crippen LogP contribution in [-0.2, 0) is 0 Å². The molecular formula is C15H21N3O. The van der Waals surface area contributed by atoms with Crippen molar-refractivity contribution in [2.24, 2.45) is 0 Å². The zero-order chi connectivity index (χ0) is 13.7. The van der Waals surface area contributed by atoms with Crippen LogP contribution in [0.1, 0.15) is 33.1 Å². The number of hydrogen-bond donors (Lipinski definition) is 3. The van der Waals surface area contributed by atoms with Crippen molar-refractivity contribution in [2.75, 3.05) is 5.32 Å². The molecular weight excluding hydrogens is 238 g/mol. The van der Waals surface area contributed by atoms with Crippen LogP contribution in [0.2, 0.25) is 0 Å². The van der Waals surface area contributed by atoms with E-state index in [9.17, 15) is 4.79 Å². The third kappa shape index (κ3) is 3.50. The molecule has 1 atom stereocenters. The van der Waals surface area contributed by atoms with Gasteiger partial charge < -0.3 is 5.32 Å². The molecule has 4 heteroatoms. The van der Waals surface area contributed by atoms with Gasteiger partial charge in [-0.2, -0.15) is 0 Å². The molecule has 1 aromatic heterocycles. The molecule has 0 bridgehead atoms. The molecule has 0 fully saturated rings. The monoisotopic (exact) mass is 259 g/mol. The Morgan fingerprint density at radius 2 is 1.89 bits per heavy atom. The van der Waals surface area contributed by atoms with Crippen LogP contribution in [0.25, 0.3) is 11.3 Å². The fourth-order valence-electron chi connectivity index (χ4n) is 2.20. The summed E-state index contributed by atoms with van der Waals surface area (Å²) < 4.78 is 0. The Hall–Kier alpha value is -1.97. The minimum absolute atomic E-state index is 0.105. The van der Waals surface area contributed by atoms with Gasteiger partial charge in [-0.1, -0.05) is 32.4 Å². The first-order valence-electron chi connectivity index (χ1n) is 6.87. The molecule has 0 aliphatic rings. The first-order chi connectivity index (χ1) is 9.22. The van der Waals surface area contributed by atoms with E-state index in [0.29, 0.717) is 6.04 Å². The van der Waals surface area contributed by atoms with Crippen molar-refractivity contribution in [1.82, 2.24) is 10.2 Å². The van der Waals surface area contributed by atoms with E-state index in [1.54, 1.807) is 6.07 Å². The number of H-pyrrole nitrogens is 2. The average molecular weight is 259 g/mol. The van der Waals surface area contributed by atoms with E-state index in [-0.39, 0.29) is 5.56 Å². The van der Waals surface area contributed by atoms with Gasteiger partial charge in [0.05, 0.1) is 5.69 Å². The lowest BCUT2D eigenvalue weighted by Crippen LogP contribution is -2.17. The lowest BCUT2D eigenvalue weighted by atomic mass is 10.1. The summed E-state index contributed by atoms with van der Waals surface area (Å²) in [5.74, 6) is 0. The molecule has 0 spiro atoms. The summed E-state index contributed by atoms with van der Waals surface area (Å²) in [6.07, 6.45) is 3.50. The number of nitrogens with one attached hydrogen (secondary N) is 3. The summed E-state index contributed by atoms with van der Waals surface area (Å²) in [5.41, 5.74) is 2.85. The SMILES string of the molecule is CCCC(CC)Nc1ccc(-c2cc(=O)[nH][nH]2)cc1. The predicted octanol–water partition coefficient (Wildman–Crippen LogP) is 3.36. The van der Waals surface area contributed by atoms with Gasteiger partial charge in [0.25, 0.3) is 5.56 Å². The van der Waals surface area contributed by atoms with E-state index in [4.69, 9.17) is 0 Å². The lowest BCUT2D eigenvalue weighted by Gasteiger charge is -2.17. The summed E-state index contributed by atoms with van der Waals surface area (Å²) in [6, 6.07) is 10.2. The lowest BCUT2D eigenvalue weighted by molar-refractivity contribution is 0.623. The molecule has 1 unspecified atom stereocenters. The smallest absolute Gasteiger partial charge is 0.264 e. The highest BCUT2D eigenvalue weighted by molar-refractivity contribution is 5.62. The normalized spacial score (nSPS) is 12.3. The Balaban J connectivity index is 2.08. The van der Waals surface area contributed by atoms with Gasteiger partial charge in [-0.25, -0.2) is 0 Å². The van der Waals surface area contributed by atoms with Gasteiger partial charge in [-0.3, -0.25) is 15.0 Å². The zero-order valence-corrected chi connectivity index (χ0v) is 11.5. The molecule has 0 radical (unpaired) electrons. The van der Waals surface area contributed by atoms with Crippen LogP contribution < -0.4 is 10.9 Å². The van der Waals surface area contributed by atoms with Crippen LogP contribution >= 0.6 is 0 Å². The number of benzene rings is 1. The number of rotatable bonds is 6. The van der Waals surface area contributed by atoms with Crippen molar-refractivity contribution in [3.8, 4) is 11.3 Å². The summed E-state index contributed by atoms with van der Waals surface area (Å²) in [7, 11) is 0. The van der Waals surface area contributed by atoms with Gasteiger partial charge in [0.15, 0.2) is 0 Å². The second-order valence-electron chi connectivity index (χ2n) is 4.79. The van der Waals surface area contributed by atoms with Crippen LogP contribution in [0.15, 0.2) is 35.1 Å². The Bertz CT molecular complexity index is 553. The first kappa shape index (κ1) is 13.5. The average Bonchev–Trinajstić information content (AvgIpc) is 2.86. The molecule has 3 N–H and O–H groups in total. The number of aromatic amines is 2. The highest BCUT2D eigenvalue weighted by Gasteiger charge is 2.05. The molecule has 0 amide bonds. The van der Waals surface area contributed by atoms with Crippen molar-refractivity contribution in [3.05, 3.63) is 40.7 Å². The first-order valence-corrected chi connectivity index (χ1v) is 6.87. The fraction of sp³-hybridized carbons (Fsp3) is 0.400. The highest BCUT2D eigenvalue weighted by Crippen LogP contribution is 2.19. The van der Waals surface area contributed by atoms with E-state index in [1.807, 2.05) is 12.1 Å². The van der Waals surface area contributed by atoms with E-state index >= 15 is 0 Å². The predicted molar refractivity (Wildman–Crippen MR) is 79.5 cm³/mol. The molecule has 1 heterocycles. The number of hydrogen-bond acceptors (Lipinski definition) is 2. The molecule has 4 nitrogen and oxygen atoms in total. The van der Waals surface area contributed by atoms with Crippen LogP contribution in [-0.4, -0.2) is 16.2 Å². The largest absolute Gasteiger partial charge is 0.382 e. The summed E-state index contributed by atoms with van der Waals surface area (Å²) in [5, 5.41) is 8.93. The molecule has 0 aliphatic carbocycles. The summed E-state index contributed by atoms with van der Waals surface area (Å²) in [4.78, 5) is 11.1. The van der Waals surface area contributed by atoms with Crippen molar-refractivity contribution in [1.29, 1.82) is 0 Å². The second-order valence-corrected chi connectivity index (χ2v) is 4.79. The Labute approximate surface area is 113 Å². The fourth-order valence-corrected chi connectivity index (χ4v) is 2.20. The quantitative estimate of drug-likeness (QED) is 0.745. The van der Waals surface area contributed by atoms with Gasteiger partial charge >= 0.3 is 0 Å². The van der Waals surface area contributed by atoms with Crippen molar-refractivity contribution >= 4 is 5.69 Å². The highest BCUT2D eigenvalue weighted by atomic mass is 16.1. The number of aromatic nitrogens is 2. The molecule has 2 aromatic rings. The minimum atomic E-state index is -0.105. The van der Waals surface area contributed by atoms with Gasteiger partial charge in [0.1, 0.15) is 0 Å². The maximum atomic E-state index is 11.1. The van der Waals surface area contributed by atoms with Crippen LogP contribution in [0, 0.1) is 0 Å². The third-order valence-corrected chi connectivity index (χ3v) is 3.29. The van der Waals surface area contributed by atoms with Crippen LogP contribution in [0.5, 0.6) is 0 Å². The van der Waals surface area contributed by atoms with Crippen molar-refractivity contribution in [3.63, 3.8) is 0 Å².